The van der Waals surface area contributed by atoms with Crippen molar-refractivity contribution in [2.75, 3.05) is 13.1 Å². The highest BCUT2D eigenvalue weighted by molar-refractivity contribution is 6.05. The number of rotatable bonds is 3. The lowest BCUT2D eigenvalue weighted by atomic mass is 9.76. The van der Waals surface area contributed by atoms with Crippen molar-refractivity contribution in [3.05, 3.63) is 34.9 Å². The van der Waals surface area contributed by atoms with Crippen molar-refractivity contribution in [3.8, 4) is 0 Å². The van der Waals surface area contributed by atoms with Gasteiger partial charge in [0.2, 0.25) is 11.8 Å². The van der Waals surface area contributed by atoms with E-state index in [1.807, 2.05) is 18.2 Å². The highest BCUT2D eigenvalue weighted by Gasteiger charge is 2.45. The van der Waals surface area contributed by atoms with Gasteiger partial charge in [0.1, 0.15) is 6.04 Å². The molecule has 7 heteroatoms. The van der Waals surface area contributed by atoms with Crippen LogP contribution in [0.5, 0.6) is 0 Å². The predicted molar refractivity (Wildman–Crippen MR) is 107 cm³/mol. The molecule has 0 aromatic heterocycles. The molecule has 0 bridgehead atoms. The number of likely N-dealkylation sites (tertiary alicyclic amines) is 1. The lowest BCUT2D eigenvalue weighted by Crippen LogP contribution is -2.52. The van der Waals surface area contributed by atoms with Crippen molar-refractivity contribution in [2.45, 2.75) is 63.2 Å². The summed E-state index contributed by atoms with van der Waals surface area (Å²) in [4.78, 5) is 41.0. The molecule has 5 rings (SSSR count). The molecule has 1 saturated carbocycles. The van der Waals surface area contributed by atoms with E-state index >= 15 is 0 Å². The fourth-order valence-electron chi connectivity index (χ4n) is 5.79. The third kappa shape index (κ3) is 3.16. The van der Waals surface area contributed by atoms with Crippen LogP contribution in [0.1, 0.15) is 60.0 Å². The van der Waals surface area contributed by atoms with Crippen LogP contribution in [0.15, 0.2) is 18.2 Å². The Hall–Kier alpha value is -2.25. The minimum absolute atomic E-state index is 0.0844. The Morgan fingerprint density at radius 1 is 1.17 bits per heavy atom. The monoisotopic (exact) mass is 396 g/mol. The molecule has 1 aromatic carbocycles. The predicted octanol–water partition coefficient (Wildman–Crippen LogP) is 1.15. The average molecular weight is 396 g/mol. The second-order valence-corrected chi connectivity index (χ2v) is 9.20. The van der Waals surface area contributed by atoms with Gasteiger partial charge in [-0.3, -0.25) is 24.6 Å². The van der Waals surface area contributed by atoms with E-state index in [1.54, 1.807) is 4.90 Å². The molecule has 3 atom stereocenters. The molecule has 29 heavy (non-hydrogen) atoms. The first-order valence-corrected chi connectivity index (χ1v) is 10.7. The lowest BCUT2D eigenvalue weighted by Gasteiger charge is -2.34. The van der Waals surface area contributed by atoms with Crippen molar-refractivity contribution in [1.82, 2.24) is 15.1 Å². The van der Waals surface area contributed by atoms with Gasteiger partial charge in [-0.15, -0.1) is 0 Å². The quantitative estimate of drug-likeness (QED) is 0.748. The molecule has 3 fully saturated rings. The molecule has 2 saturated heterocycles. The SMILES string of the molecule is N[C@@]12CCCC[C@@H]1CN(Cc1cccc3c1C(=O)N(C1CCC(=O)NC1=O)C3)C2. The van der Waals surface area contributed by atoms with Crippen molar-refractivity contribution in [1.29, 1.82) is 0 Å². The Labute approximate surface area is 170 Å². The van der Waals surface area contributed by atoms with Gasteiger partial charge in [-0.25, -0.2) is 0 Å². The molecule has 1 aliphatic carbocycles. The summed E-state index contributed by atoms with van der Waals surface area (Å²) < 4.78 is 0. The summed E-state index contributed by atoms with van der Waals surface area (Å²) in [7, 11) is 0. The van der Waals surface area contributed by atoms with E-state index in [1.165, 1.54) is 19.3 Å². The number of piperidine rings is 1. The third-order valence-electron chi connectivity index (χ3n) is 7.29. The van der Waals surface area contributed by atoms with E-state index in [2.05, 4.69) is 10.2 Å². The third-order valence-corrected chi connectivity index (χ3v) is 7.29. The number of nitrogens with zero attached hydrogens (tertiary/aromatic N) is 2. The molecule has 3 aliphatic heterocycles. The smallest absolute Gasteiger partial charge is 0.255 e. The van der Waals surface area contributed by atoms with Crippen LogP contribution in [0.2, 0.25) is 0 Å². The minimum atomic E-state index is -0.567. The Morgan fingerprint density at radius 3 is 2.83 bits per heavy atom. The first-order valence-electron chi connectivity index (χ1n) is 10.7. The highest BCUT2D eigenvalue weighted by atomic mass is 16.2. The molecular formula is C22H28N4O3. The summed E-state index contributed by atoms with van der Waals surface area (Å²) in [6, 6.07) is 5.42. The largest absolute Gasteiger partial charge is 0.324 e. The van der Waals surface area contributed by atoms with E-state index in [0.29, 0.717) is 25.4 Å². The highest BCUT2D eigenvalue weighted by Crippen LogP contribution is 2.39. The molecule has 7 nitrogen and oxygen atoms in total. The van der Waals surface area contributed by atoms with Crippen LogP contribution in [-0.2, 0) is 22.7 Å². The first-order chi connectivity index (χ1) is 13.9. The molecule has 3 N–H and O–H groups in total. The zero-order chi connectivity index (χ0) is 20.2. The number of carbonyl (C=O) groups is 3. The zero-order valence-corrected chi connectivity index (χ0v) is 16.7. The van der Waals surface area contributed by atoms with Gasteiger partial charge in [0, 0.05) is 43.7 Å². The maximum absolute atomic E-state index is 13.2. The number of nitrogens with one attached hydrogen (secondary N) is 1. The molecule has 154 valence electrons. The Balaban J connectivity index is 1.35. The van der Waals surface area contributed by atoms with Crippen molar-refractivity contribution in [2.24, 2.45) is 11.7 Å². The normalized spacial score (nSPS) is 32.3. The second kappa shape index (κ2) is 6.92. The van der Waals surface area contributed by atoms with Crippen LogP contribution >= 0.6 is 0 Å². The summed E-state index contributed by atoms with van der Waals surface area (Å²) in [6.07, 6.45) is 5.42. The Bertz CT molecular complexity index is 885. The topological polar surface area (TPSA) is 95.7 Å². The number of imide groups is 1. The van der Waals surface area contributed by atoms with Gasteiger partial charge < -0.3 is 10.6 Å². The molecule has 3 amide bonds. The van der Waals surface area contributed by atoms with Gasteiger partial charge >= 0.3 is 0 Å². The van der Waals surface area contributed by atoms with E-state index in [-0.39, 0.29) is 29.7 Å². The molecule has 0 radical (unpaired) electrons. The number of benzene rings is 1. The Kier molecular flexibility index (Phi) is 4.47. The zero-order valence-electron chi connectivity index (χ0n) is 16.7. The summed E-state index contributed by atoms with van der Waals surface area (Å²) in [5, 5.41) is 2.37. The van der Waals surface area contributed by atoms with Gasteiger partial charge in [0.15, 0.2) is 0 Å². The van der Waals surface area contributed by atoms with Crippen molar-refractivity contribution in [3.63, 3.8) is 0 Å². The van der Waals surface area contributed by atoms with E-state index in [9.17, 15) is 14.4 Å². The van der Waals surface area contributed by atoms with Crippen LogP contribution in [0.3, 0.4) is 0 Å². The van der Waals surface area contributed by atoms with Gasteiger partial charge in [-0.1, -0.05) is 31.0 Å². The van der Waals surface area contributed by atoms with Gasteiger partial charge in [0.25, 0.3) is 5.91 Å². The molecule has 0 spiro atoms. The lowest BCUT2D eigenvalue weighted by molar-refractivity contribution is -0.136. The fourth-order valence-corrected chi connectivity index (χ4v) is 5.79. The number of fused-ring (bicyclic) bond motifs is 2. The van der Waals surface area contributed by atoms with Gasteiger partial charge in [-0.05, 0) is 36.3 Å². The van der Waals surface area contributed by atoms with E-state index < -0.39 is 6.04 Å². The number of nitrogens with two attached hydrogens (primary N) is 1. The molecule has 4 aliphatic rings. The molecule has 1 aromatic rings. The van der Waals surface area contributed by atoms with Crippen LogP contribution in [0, 0.1) is 5.92 Å². The second-order valence-electron chi connectivity index (χ2n) is 9.20. The number of hydrogen-bond acceptors (Lipinski definition) is 5. The van der Waals surface area contributed by atoms with Crippen LogP contribution in [0.4, 0.5) is 0 Å². The van der Waals surface area contributed by atoms with E-state index in [0.717, 1.165) is 36.2 Å². The fraction of sp³-hybridized carbons (Fsp3) is 0.591. The van der Waals surface area contributed by atoms with Gasteiger partial charge in [0.05, 0.1) is 0 Å². The van der Waals surface area contributed by atoms with E-state index in [4.69, 9.17) is 5.73 Å². The number of amides is 3. The molecule has 1 unspecified atom stereocenters. The van der Waals surface area contributed by atoms with Gasteiger partial charge in [-0.2, -0.15) is 0 Å². The number of carbonyl (C=O) groups excluding carboxylic acids is 3. The Morgan fingerprint density at radius 2 is 2.03 bits per heavy atom. The van der Waals surface area contributed by atoms with Crippen molar-refractivity contribution < 1.29 is 14.4 Å². The molecule has 3 heterocycles. The standard InChI is InChI=1S/C22H28N4O3/c23-22-9-2-1-6-16(22)12-25(13-22)10-14-4-3-5-15-11-26(21(29)19(14)15)17-7-8-18(27)24-20(17)28/h3-5,16-17H,1-2,6-13,23H2,(H,24,27,28)/t16-,17?,22-/m1/s1. The summed E-state index contributed by atoms with van der Waals surface area (Å²) in [6.45, 7) is 3.02. The van der Waals surface area contributed by atoms with Crippen LogP contribution in [-0.4, -0.2) is 52.2 Å². The number of hydrogen-bond donors (Lipinski definition) is 2. The molecular weight excluding hydrogens is 368 g/mol. The van der Waals surface area contributed by atoms with Crippen LogP contribution < -0.4 is 11.1 Å². The van der Waals surface area contributed by atoms with Crippen molar-refractivity contribution >= 4 is 17.7 Å². The summed E-state index contributed by atoms with van der Waals surface area (Å²) in [5.41, 5.74) is 9.34. The maximum Gasteiger partial charge on any atom is 0.255 e. The summed E-state index contributed by atoms with van der Waals surface area (Å²) >= 11 is 0. The first kappa shape index (κ1) is 18.8. The minimum Gasteiger partial charge on any atom is -0.324 e. The average Bonchev–Trinajstić information content (AvgIpc) is 3.19. The van der Waals surface area contributed by atoms with Crippen LogP contribution in [0.25, 0.3) is 0 Å². The summed E-state index contributed by atoms with van der Waals surface area (Å²) in [5.74, 6) is -0.173. The maximum atomic E-state index is 13.2.